The molecule has 9 heteroatoms. The Hall–Kier alpha value is -1.59. The van der Waals surface area contributed by atoms with E-state index in [4.69, 9.17) is 9.47 Å². The fourth-order valence-electron chi connectivity index (χ4n) is 5.97. The number of allylic oxidation sites excluding steroid dienone is 5. The van der Waals surface area contributed by atoms with Gasteiger partial charge in [0.2, 0.25) is 5.91 Å². The van der Waals surface area contributed by atoms with Gasteiger partial charge >= 0.3 is 0 Å². The number of rotatable bonds is 31. The van der Waals surface area contributed by atoms with Crippen LogP contribution in [0, 0.1) is 0 Å². The molecule has 1 aliphatic heterocycles. The number of amides is 1. The Kier molecular flexibility index (Phi) is 28.9. The largest absolute Gasteiger partial charge is 0.394 e. The second-order valence-corrected chi connectivity index (χ2v) is 13.7. The van der Waals surface area contributed by atoms with E-state index < -0.39 is 49.5 Å². The number of hydrogen-bond donors (Lipinski definition) is 6. The zero-order valence-corrected chi connectivity index (χ0v) is 30.9. The number of carbonyl (C=O) groups is 1. The molecule has 0 aromatic rings. The number of aliphatic hydroxyl groups excluding tert-OH is 5. The first-order chi connectivity index (χ1) is 23.8. The molecule has 1 saturated heterocycles. The summed E-state index contributed by atoms with van der Waals surface area (Å²) < 4.78 is 10.9. The lowest BCUT2D eigenvalue weighted by Crippen LogP contribution is -2.60. The Morgan fingerprint density at radius 2 is 1.14 bits per heavy atom. The van der Waals surface area contributed by atoms with Crippen molar-refractivity contribution < 1.29 is 39.8 Å². The Morgan fingerprint density at radius 1 is 0.673 bits per heavy atom. The lowest BCUT2D eigenvalue weighted by Gasteiger charge is -2.40. The van der Waals surface area contributed by atoms with Crippen LogP contribution in [0.2, 0.25) is 0 Å². The summed E-state index contributed by atoms with van der Waals surface area (Å²) in [5.41, 5.74) is 0. The molecule has 6 N–H and O–H groups in total. The molecule has 0 radical (unpaired) electrons. The summed E-state index contributed by atoms with van der Waals surface area (Å²) >= 11 is 0. The molecule has 1 heterocycles. The third kappa shape index (κ3) is 22.8. The number of hydrogen-bond acceptors (Lipinski definition) is 8. The normalized spacial score (nSPS) is 22.8. The first-order valence-corrected chi connectivity index (χ1v) is 19.7. The van der Waals surface area contributed by atoms with Crippen LogP contribution < -0.4 is 5.32 Å². The first kappa shape index (κ1) is 45.4. The monoisotopic (exact) mass is 696 g/mol. The van der Waals surface area contributed by atoms with E-state index in [1.165, 1.54) is 109 Å². The molecule has 0 aromatic heterocycles. The van der Waals surface area contributed by atoms with Gasteiger partial charge in [0.05, 0.1) is 25.4 Å². The molecule has 286 valence electrons. The molecule has 1 amide bonds. The van der Waals surface area contributed by atoms with E-state index in [0.717, 1.165) is 25.7 Å². The van der Waals surface area contributed by atoms with E-state index in [1.807, 2.05) is 6.08 Å². The second kappa shape index (κ2) is 31.2. The van der Waals surface area contributed by atoms with E-state index in [0.29, 0.717) is 0 Å². The molecule has 7 atom stereocenters. The Labute approximate surface area is 298 Å². The van der Waals surface area contributed by atoms with Gasteiger partial charge in [-0.3, -0.25) is 4.79 Å². The highest BCUT2D eigenvalue weighted by molar-refractivity contribution is 5.75. The van der Waals surface area contributed by atoms with E-state index in [2.05, 4.69) is 36.5 Å². The van der Waals surface area contributed by atoms with Crippen molar-refractivity contribution in [2.75, 3.05) is 13.2 Å². The van der Waals surface area contributed by atoms with Crippen LogP contribution in [0.5, 0.6) is 0 Å². The van der Waals surface area contributed by atoms with Crippen LogP contribution in [0.15, 0.2) is 36.5 Å². The molecule has 0 bridgehead atoms. The molecule has 9 nitrogen and oxygen atoms in total. The van der Waals surface area contributed by atoms with E-state index in [-0.39, 0.29) is 18.9 Å². The number of aliphatic hydroxyl groups is 5. The minimum atomic E-state index is -1.57. The van der Waals surface area contributed by atoms with Crippen LogP contribution in [0.25, 0.3) is 0 Å². The maximum Gasteiger partial charge on any atom is 0.220 e. The standard InChI is InChI=1S/C40H73NO8/c1-3-5-6-7-8-9-10-11-12-13-14-15-16-17-18-19-20-21-22-23-24-25-26-27-28-29-30-34(43)33(41-36(44)4-2)32-48-40-39(47)38(46)37(45)35(31-42)49-40/h21-22,25-26,29-30,33-35,37-40,42-43,45-47H,3-20,23-24,27-28,31-32H2,1-2H3,(H,41,44)/b22-21+,26-25+,30-29+. The molecule has 0 spiro atoms. The van der Waals surface area contributed by atoms with Gasteiger partial charge in [0.25, 0.3) is 0 Å². The van der Waals surface area contributed by atoms with E-state index in [1.54, 1.807) is 13.0 Å². The van der Waals surface area contributed by atoms with Crippen molar-refractivity contribution in [3.05, 3.63) is 36.5 Å². The van der Waals surface area contributed by atoms with Gasteiger partial charge in [0, 0.05) is 6.42 Å². The fourth-order valence-corrected chi connectivity index (χ4v) is 5.97. The summed E-state index contributed by atoms with van der Waals surface area (Å²) in [6, 6.07) is -0.822. The van der Waals surface area contributed by atoms with Crippen LogP contribution in [-0.4, -0.2) is 87.5 Å². The third-order valence-corrected chi connectivity index (χ3v) is 9.26. The Morgan fingerprint density at radius 3 is 1.63 bits per heavy atom. The summed E-state index contributed by atoms with van der Waals surface area (Å²) in [6.07, 6.45) is 31.6. The van der Waals surface area contributed by atoms with Gasteiger partial charge in [-0.1, -0.05) is 147 Å². The highest BCUT2D eigenvalue weighted by atomic mass is 16.7. The first-order valence-electron chi connectivity index (χ1n) is 19.7. The van der Waals surface area contributed by atoms with Crippen LogP contribution in [0.3, 0.4) is 0 Å². The van der Waals surface area contributed by atoms with Gasteiger partial charge < -0.3 is 40.3 Å². The molecule has 0 saturated carbocycles. The molecule has 1 rings (SSSR count). The predicted octanol–water partition coefficient (Wildman–Crippen LogP) is 6.94. The summed E-state index contributed by atoms with van der Waals surface area (Å²) in [5, 5.41) is 52.9. The second-order valence-electron chi connectivity index (χ2n) is 13.7. The van der Waals surface area contributed by atoms with Crippen LogP contribution in [0.4, 0.5) is 0 Å². The van der Waals surface area contributed by atoms with Crippen molar-refractivity contribution in [1.29, 1.82) is 0 Å². The summed E-state index contributed by atoms with van der Waals surface area (Å²) in [7, 11) is 0. The molecule has 0 aromatic carbocycles. The summed E-state index contributed by atoms with van der Waals surface area (Å²) in [6.45, 7) is 3.18. The average Bonchev–Trinajstić information content (AvgIpc) is 3.10. The quantitative estimate of drug-likeness (QED) is 0.0338. The Balaban J connectivity index is 2.10. The van der Waals surface area contributed by atoms with Gasteiger partial charge in [0.15, 0.2) is 6.29 Å². The number of carbonyl (C=O) groups excluding carboxylic acids is 1. The topological polar surface area (TPSA) is 149 Å². The fraction of sp³-hybridized carbons (Fsp3) is 0.825. The van der Waals surface area contributed by atoms with Crippen LogP contribution in [0.1, 0.15) is 155 Å². The maximum absolute atomic E-state index is 12.0. The molecular weight excluding hydrogens is 622 g/mol. The van der Waals surface area contributed by atoms with Gasteiger partial charge in [-0.2, -0.15) is 0 Å². The molecule has 49 heavy (non-hydrogen) atoms. The Bertz CT molecular complexity index is 863. The van der Waals surface area contributed by atoms with Gasteiger partial charge in [-0.25, -0.2) is 0 Å². The van der Waals surface area contributed by atoms with Gasteiger partial charge in [-0.05, 0) is 38.5 Å². The lowest BCUT2D eigenvalue weighted by atomic mass is 9.99. The van der Waals surface area contributed by atoms with Crippen LogP contribution in [-0.2, 0) is 14.3 Å². The minimum absolute atomic E-state index is 0.215. The number of ether oxygens (including phenoxy) is 2. The number of unbranched alkanes of at least 4 members (excludes halogenated alkanes) is 18. The van der Waals surface area contributed by atoms with Gasteiger partial charge in [-0.15, -0.1) is 0 Å². The lowest BCUT2D eigenvalue weighted by molar-refractivity contribution is -0.302. The minimum Gasteiger partial charge on any atom is -0.394 e. The van der Waals surface area contributed by atoms with Crippen molar-refractivity contribution in [2.24, 2.45) is 0 Å². The zero-order valence-electron chi connectivity index (χ0n) is 30.9. The van der Waals surface area contributed by atoms with Crippen molar-refractivity contribution >= 4 is 5.91 Å². The SMILES string of the molecule is CCCCCCCCCCCCCCCCCC/C=C/CC/C=C/CC/C=C/C(O)C(COC1OC(CO)C(O)C(O)C1O)NC(=O)CC. The van der Waals surface area contributed by atoms with Crippen molar-refractivity contribution in [2.45, 2.75) is 198 Å². The molecular formula is C40H73NO8. The van der Waals surface area contributed by atoms with Crippen molar-refractivity contribution in [3.63, 3.8) is 0 Å². The smallest absolute Gasteiger partial charge is 0.220 e. The summed E-state index contributed by atoms with van der Waals surface area (Å²) in [4.78, 5) is 12.0. The highest BCUT2D eigenvalue weighted by Gasteiger charge is 2.44. The molecule has 7 unspecified atom stereocenters. The molecule has 0 aliphatic carbocycles. The van der Waals surface area contributed by atoms with Crippen LogP contribution >= 0.6 is 0 Å². The van der Waals surface area contributed by atoms with Gasteiger partial charge in [0.1, 0.15) is 24.4 Å². The van der Waals surface area contributed by atoms with E-state index >= 15 is 0 Å². The summed E-state index contributed by atoms with van der Waals surface area (Å²) in [5.74, 6) is -0.281. The molecule has 1 fully saturated rings. The third-order valence-electron chi connectivity index (χ3n) is 9.26. The van der Waals surface area contributed by atoms with Crippen molar-refractivity contribution in [1.82, 2.24) is 5.32 Å². The average molecular weight is 696 g/mol. The zero-order chi connectivity index (χ0) is 36.0. The maximum atomic E-state index is 12.0. The van der Waals surface area contributed by atoms with Crippen molar-refractivity contribution in [3.8, 4) is 0 Å². The highest BCUT2D eigenvalue weighted by Crippen LogP contribution is 2.22. The van der Waals surface area contributed by atoms with E-state index in [9.17, 15) is 30.3 Å². The predicted molar refractivity (Wildman–Crippen MR) is 198 cm³/mol. The molecule has 1 aliphatic rings. The number of nitrogens with one attached hydrogen (secondary N) is 1.